The van der Waals surface area contributed by atoms with Crippen molar-refractivity contribution in [3.8, 4) is 11.3 Å². The van der Waals surface area contributed by atoms with Gasteiger partial charge in [0.1, 0.15) is 5.69 Å². The van der Waals surface area contributed by atoms with Crippen LogP contribution < -0.4 is 0 Å². The van der Waals surface area contributed by atoms with E-state index in [0.717, 1.165) is 23.2 Å². The third-order valence-electron chi connectivity index (χ3n) is 4.74. The number of rotatable bonds is 4. The number of amides is 1. The second kappa shape index (κ2) is 7.76. The van der Waals surface area contributed by atoms with Crippen LogP contribution in [-0.4, -0.2) is 38.9 Å². The van der Waals surface area contributed by atoms with Gasteiger partial charge in [-0.05, 0) is 24.1 Å². The Kier molecular flexibility index (Phi) is 5.03. The van der Waals surface area contributed by atoms with E-state index in [1.54, 1.807) is 12.2 Å². The van der Waals surface area contributed by atoms with E-state index in [-0.39, 0.29) is 11.9 Å². The largest absolute Gasteiger partial charge is 0.337 e. The summed E-state index contributed by atoms with van der Waals surface area (Å²) in [6, 6.07) is 17.6. The fourth-order valence-corrected chi connectivity index (χ4v) is 3.43. The van der Waals surface area contributed by atoms with Gasteiger partial charge in [0, 0.05) is 29.8 Å². The maximum atomic E-state index is 12.5. The number of carbonyl (C=O) groups is 1. The molecule has 0 N–H and O–H groups in total. The van der Waals surface area contributed by atoms with E-state index in [9.17, 15) is 4.79 Å². The van der Waals surface area contributed by atoms with Crippen molar-refractivity contribution in [1.29, 1.82) is 0 Å². The molecule has 0 radical (unpaired) electrons. The molecule has 4 rings (SSSR count). The minimum Gasteiger partial charge on any atom is -0.337 e. The molecular weight excluding hydrogens is 360 g/mol. The lowest BCUT2D eigenvalue weighted by molar-refractivity contribution is -0.125. The summed E-state index contributed by atoms with van der Waals surface area (Å²) in [5.74, 6) is -0.0131. The molecule has 0 saturated carbocycles. The molecule has 1 aliphatic heterocycles. The molecule has 0 spiro atoms. The van der Waals surface area contributed by atoms with Crippen LogP contribution in [0.5, 0.6) is 0 Å². The molecule has 0 bridgehead atoms. The standard InChI is InChI=1S/C21H19ClN4O/c22-19-9-5-4-6-16(19)10-11-21(27)25-13-12-18(14-25)26-15-20(23-24-26)17-7-2-1-3-8-17/h1-11,15,18H,12-14H2/b11-10+. The highest BCUT2D eigenvalue weighted by atomic mass is 35.5. The highest BCUT2D eigenvalue weighted by Gasteiger charge is 2.27. The van der Waals surface area contributed by atoms with Gasteiger partial charge in [-0.25, -0.2) is 4.68 Å². The fraction of sp³-hybridized carbons (Fsp3) is 0.190. The van der Waals surface area contributed by atoms with Crippen molar-refractivity contribution in [2.24, 2.45) is 0 Å². The first kappa shape index (κ1) is 17.5. The van der Waals surface area contributed by atoms with Crippen LogP contribution in [0, 0.1) is 0 Å². The molecule has 6 heteroatoms. The molecule has 1 aromatic heterocycles. The van der Waals surface area contributed by atoms with E-state index >= 15 is 0 Å². The maximum Gasteiger partial charge on any atom is 0.246 e. The van der Waals surface area contributed by atoms with Crippen molar-refractivity contribution in [1.82, 2.24) is 19.9 Å². The second-order valence-electron chi connectivity index (χ2n) is 6.53. The number of nitrogens with zero attached hydrogens (tertiary/aromatic N) is 4. The van der Waals surface area contributed by atoms with Crippen molar-refractivity contribution in [3.63, 3.8) is 0 Å². The molecule has 1 atom stereocenters. The van der Waals surface area contributed by atoms with Crippen LogP contribution in [0.25, 0.3) is 17.3 Å². The number of aromatic nitrogens is 3. The predicted octanol–water partition coefficient (Wildman–Crippen LogP) is 4.09. The van der Waals surface area contributed by atoms with Crippen LogP contribution in [0.1, 0.15) is 18.0 Å². The molecule has 1 unspecified atom stereocenters. The minimum absolute atomic E-state index is 0.0131. The third-order valence-corrected chi connectivity index (χ3v) is 5.08. The van der Waals surface area contributed by atoms with E-state index in [1.807, 2.05) is 70.4 Å². The molecule has 136 valence electrons. The van der Waals surface area contributed by atoms with Gasteiger partial charge in [-0.15, -0.1) is 5.10 Å². The summed E-state index contributed by atoms with van der Waals surface area (Å²) in [5.41, 5.74) is 2.73. The molecule has 2 heterocycles. The van der Waals surface area contributed by atoms with Crippen molar-refractivity contribution >= 4 is 23.6 Å². The average molecular weight is 379 g/mol. The average Bonchev–Trinajstić information content (AvgIpc) is 3.37. The summed E-state index contributed by atoms with van der Waals surface area (Å²) in [7, 11) is 0. The highest BCUT2D eigenvalue weighted by molar-refractivity contribution is 6.32. The molecule has 1 fully saturated rings. The zero-order valence-corrected chi connectivity index (χ0v) is 15.5. The molecule has 1 amide bonds. The Labute approximate surface area is 162 Å². The van der Waals surface area contributed by atoms with Crippen molar-refractivity contribution in [2.75, 3.05) is 13.1 Å². The number of likely N-dealkylation sites (tertiary alicyclic amines) is 1. The molecule has 0 aliphatic carbocycles. The van der Waals surface area contributed by atoms with E-state index in [2.05, 4.69) is 10.3 Å². The van der Waals surface area contributed by atoms with Crippen molar-refractivity contribution < 1.29 is 4.79 Å². The highest BCUT2D eigenvalue weighted by Crippen LogP contribution is 2.24. The van der Waals surface area contributed by atoms with E-state index in [1.165, 1.54) is 0 Å². The van der Waals surface area contributed by atoms with Crippen LogP contribution in [-0.2, 0) is 4.79 Å². The molecule has 3 aromatic rings. The molecular formula is C21H19ClN4O. The summed E-state index contributed by atoms with van der Waals surface area (Å²) >= 11 is 6.13. The zero-order chi connectivity index (χ0) is 18.6. The first-order valence-electron chi connectivity index (χ1n) is 8.89. The predicted molar refractivity (Wildman–Crippen MR) is 106 cm³/mol. The van der Waals surface area contributed by atoms with Crippen LogP contribution >= 0.6 is 11.6 Å². The van der Waals surface area contributed by atoms with Crippen LogP contribution in [0.3, 0.4) is 0 Å². The Morgan fingerprint density at radius 1 is 1.11 bits per heavy atom. The van der Waals surface area contributed by atoms with Gasteiger partial charge in [-0.3, -0.25) is 4.79 Å². The summed E-state index contributed by atoms with van der Waals surface area (Å²) in [6.07, 6.45) is 6.16. The summed E-state index contributed by atoms with van der Waals surface area (Å²) < 4.78 is 1.87. The summed E-state index contributed by atoms with van der Waals surface area (Å²) in [4.78, 5) is 14.3. The van der Waals surface area contributed by atoms with Crippen molar-refractivity contribution in [3.05, 3.63) is 77.5 Å². The zero-order valence-electron chi connectivity index (χ0n) is 14.7. The topological polar surface area (TPSA) is 51.0 Å². The maximum absolute atomic E-state index is 12.5. The molecule has 5 nitrogen and oxygen atoms in total. The second-order valence-corrected chi connectivity index (χ2v) is 6.94. The monoisotopic (exact) mass is 378 g/mol. The van der Waals surface area contributed by atoms with Crippen LogP contribution in [0.4, 0.5) is 0 Å². The number of carbonyl (C=O) groups excluding carboxylic acids is 1. The molecule has 1 saturated heterocycles. The minimum atomic E-state index is -0.0131. The van der Waals surface area contributed by atoms with E-state index < -0.39 is 0 Å². The SMILES string of the molecule is O=C(/C=C/c1ccccc1Cl)N1CCC(n2cc(-c3ccccc3)nn2)C1. The Hall–Kier alpha value is -2.92. The lowest BCUT2D eigenvalue weighted by atomic mass is 10.2. The lowest BCUT2D eigenvalue weighted by Crippen LogP contribution is -2.27. The van der Waals surface area contributed by atoms with Gasteiger partial charge >= 0.3 is 0 Å². The van der Waals surface area contributed by atoms with Gasteiger partial charge in [-0.2, -0.15) is 0 Å². The van der Waals surface area contributed by atoms with E-state index in [0.29, 0.717) is 18.1 Å². The number of benzene rings is 2. The van der Waals surface area contributed by atoms with Crippen molar-refractivity contribution in [2.45, 2.75) is 12.5 Å². The van der Waals surface area contributed by atoms with Gasteiger partial charge < -0.3 is 4.90 Å². The van der Waals surface area contributed by atoms with Gasteiger partial charge in [0.15, 0.2) is 0 Å². The smallest absolute Gasteiger partial charge is 0.246 e. The van der Waals surface area contributed by atoms with E-state index in [4.69, 9.17) is 11.6 Å². The fourth-order valence-electron chi connectivity index (χ4n) is 3.23. The van der Waals surface area contributed by atoms with Gasteiger partial charge in [-0.1, -0.05) is 65.3 Å². The van der Waals surface area contributed by atoms with Crippen LogP contribution in [0.2, 0.25) is 5.02 Å². The van der Waals surface area contributed by atoms with Gasteiger partial charge in [0.05, 0.1) is 12.2 Å². The summed E-state index contributed by atoms with van der Waals surface area (Å²) in [5, 5.41) is 9.17. The first-order chi connectivity index (χ1) is 13.2. The normalized spacial score (nSPS) is 16.9. The summed E-state index contributed by atoms with van der Waals surface area (Å²) in [6.45, 7) is 1.33. The molecule has 1 aliphatic rings. The number of hydrogen-bond donors (Lipinski definition) is 0. The Bertz CT molecular complexity index is 967. The Morgan fingerprint density at radius 3 is 2.70 bits per heavy atom. The van der Waals surface area contributed by atoms with Crippen LogP contribution in [0.15, 0.2) is 66.9 Å². The van der Waals surface area contributed by atoms with Gasteiger partial charge in [0.25, 0.3) is 0 Å². The molecule has 2 aromatic carbocycles. The third kappa shape index (κ3) is 3.93. The Balaban J connectivity index is 1.41. The Morgan fingerprint density at radius 2 is 1.89 bits per heavy atom. The first-order valence-corrected chi connectivity index (χ1v) is 9.27. The molecule has 27 heavy (non-hydrogen) atoms. The van der Waals surface area contributed by atoms with Gasteiger partial charge in [0.2, 0.25) is 5.91 Å². The quantitative estimate of drug-likeness (QED) is 0.642. The number of hydrogen-bond acceptors (Lipinski definition) is 3. The lowest BCUT2D eigenvalue weighted by Gasteiger charge is -2.14. The number of halogens is 1.